The van der Waals surface area contributed by atoms with Gasteiger partial charge in [-0.15, -0.1) is 0 Å². The summed E-state index contributed by atoms with van der Waals surface area (Å²) in [5.74, 6) is -1.52. The third-order valence-electron chi connectivity index (χ3n) is 3.26. The van der Waals surface area contributed by atoms with Crippen molar-refractivity contribution < 1.29 is 14.0 Å². The molecule has 1 heterocycles. The molecule has 0 N–H and O–H groups in total. The first-order valence-corrected chi connectivity index (χ1v) is 8.39. The van der Waals surface area contributed by atoms with Gasteiger partial charge in [0, 0.05) is 10.6 Å². The molecule has 1 fully saturated rings. The van der Waals surface area contributed by atoms with Crippen LogP contribution in [0.5, 0.6) is 0 Å². The molecule has 2 amide bonds. The molecule has 24 heavy (non-hydrogen) atoms. The van der Waals surface area contributed by atoms with E-state index in [9.17, 15) is 14.0 Å². The van der Waals surface area contributed by atoms with Crippen molar-refractivity contribution in [3.05, 3.63) is 75.4 Å². The molecule has 0 saturated carbocycles. The molecule has 3 nitrogen and oxygen atoms in total. The van der Waals surface area contributed by atoms with Crippen molar-refractivity contribution in [2.75, 3.05) is 0 Å². The van der Waals surface area contributed by atoms with Gasteiger partial charge in [0.05, 0.1) is 4.91 Å². The molecule has 3 rings (SSSR count). The van der Waals surface area contributed by atoms with E-state index in [4.69, 9.17) is 23.8 Å². The van der Waals surface area contributed by atoms with Crippen LogP contribution in [-0.2, 0) is 4.79 Å². The van der Waals surface area contributed by atoms with Gasteiger partial charge in [-0.3, -0.25) is 9.59 Å². The van der Waals surface area contributed by atoms with Gasteiger partial charge < -0.3 is 0 Å². The lowest BCUT2D eigenvalue weighted by Gasteiger charge is -2.12. The Morgan fingerprint density at radius 3 is 2.38 bits per heavy atom. The Hall–Kier alpha value is -2.02. The number of thioether (sulfide) groups is 1. The Morgan fingerprint density at radius 1 is 1.12 bits per heavy atom. The summed E-state index contributed by atoms with van der Waals surface area (Å²) >= 11 is 12.0. The number of amides is 2. The van der Waals surface area contributed by atoms with Crippen LogP contribution in [0, 0.1) is 5.82 Å². The van der Waals surface area contributed by atoms with Crippen molar-refractivity contribution in [1.29, 1.82) is 0 Å². The fraction of sp³-hybridized carbons (Fsp3) is 0. The maximum Gasteiger partial charge on any atom is 0.273 e. The largest absolute Gasteiger partial charge is 0.273 e. The third-order valence-corrected chi connectivity index (χ3v) is 4.81. The molecular weight excluding hydrogens is 369 g/mol. The van der Waals surface area contributed by atoms with E-state index in [-0.39, 0.29) is 9.88 Å². The Balaban J connectivity index is 1.87. The first-order valence-electron chi connectivity index (χ1n) is 6.79. The van der Waals surface area contributed by atoms with Crippen LogP contribution in [0.4, 0.5) is 4.39 Å². The van der Waals surface area contributed by atoms with Crippen molar-refractivity contribution in [3.8, 4) is 0 Å². The third kappa shape index (κ3) is 3.40. The number of rotatable bonds is 2. The maximum absolute atomic E-state index is 13.0. The Bertz CT molecular complexity index is 863. The van der Waals surface area contributed by atoms with Gasteiger partial charge in [0.15, 0.2) is 4.32 Å². The second-order valence-corrected chi connectivity index (χ2v) is 6.99. The van der Waals surface area contributed by atoms with Gasteiger partial charge in [-0.25, -0.2) is 9.29 Å². The number of benzene rings is 2. The van der Waals surface area contributed by atoms with E-state index in [1.165, 1.54) is 12.1 Å². The van der Waals surface area contributed by atoms with Crippen molar-refractivity contribution in [2.45, 2.75) is 0 Å². The van der Waals surface area contributed by atoms with Crippen molar-refractivity contribution in [1.82, 2.24) is 4.90 Å². The lowest BCUT2D eigenvalue weighted by molar-refractivity contribution is -0.120. The Labute approximate surface area is 152 Å². The smallest absolute Gasteiger partial charge is 0.268 e. The lowest BCUT2D eigenvalue weighted by Crippen LogP contribution is -2.34. The lowest BCUT2D eigenvalue weighted by atomic mass is 10.2. The van der Waals surface area contributed by atoms with Gasteiger partial charge in [0.2, 0.25) is 0 Å². The topological polar surface area (TPSA) is 37.4 Å². The SMILES string of the molecule is O=C1/C(=C\c2ccc(Cl)cc2)SC(=S)N1C(=O)c1ccc(F)cc1. The molecule has 0 radical (unpaired) electrons. The number of hydrogen-bond acceptors (Lipinski definition) is 4. The first-order chi connectivity index (χ1) is 11.5. The molecule has 2 aromatic rings. The van der Waals surface area contributed by atoms with Gasteiger partial charge in [-0.1, -0.05) is 47.7 Å². The maximum atomic E-state index is 13.0. The molecule has 1 saturated heterocycles. The summed E-state index contributed by atoms with van der Waals surface area (Å²) < 4.78 is 13.1. The molecular formula is C17H9ClFNO2S2. The molecule has 1 aliphatic rings. The van der Waals surface area contributed by atoms with Crippen LogP contribution < -0.4 is 0 Å². The van der Waals surface area contributed by atoms with Gasteiger partial charge >= 0.3 is 0 Å². The zero-order chi connectivity index (χ0) is 17.3. The molecule has 0 bridgehead atoms. The van der Waals surface area contributed by atoms with Crippen LogP contribution in [-0.4, -0.2) is 21.0 Å². The molecule has 0 atom stereocenters. The highest BCUT2D eigenvalue weighted by atomic mass is 35.5. The highest BCUT2D eigenvalue weighted by molar-refractivity contribution is 8.26. The second-order valence-electron chi connectivity index (χ2n) is 4.88. The predicted molar refractivity (Wildman–Crippen MR) is 97.2 cm³/mol. The minimum Gasteiger partial charge on any atom is -0.268 e. The number of carbonyl (C=O) groups excluding carboxylic acids is 2. The van der Waals surface area contributed by atoms with Gasteiger partial charge in [-0.05, 0) is 48.0 Å². The van der Waals surface area contributed by atoms with Gasteiger partial charge in [0.25, 0.3) is 11.8 Å². The van der Waals surface area contributed by atoms with E-state index in [1.54, 1.807) is 30.3 Å². The average molecular weight is 378 g/mol. The summed E-state index contributed by atoms with van der Waals surface area (Å²) in [6.45, 7) is 0. The molecule has 7 heteroatoms. The zero-order valence-corrected chi connectivity index (χ0v) is 14.4. The first kappa shape index (κ1) is 16.8. The summed E-state index contributed by atoms with van der Waals surface area (Å²) in [5, 5.41) is 0.589. The molecule has 0 unspecified atom stereocenters. The van der Waals surface area contributed by atoms with E-state index in [1.807, 2.05) is 0 Å². The minimum atomic E-state index is -0.572. The van der Waals surface area contributed by atoms with Crippen molar-refractivity contribution in [3.63, 3.8) is 0 Å². The van der Waals surface area contributed by atoms with E-state index in [0.717, 1.165) is 34.4 Å². The van der Waals surface area contributed by atoms with Crippen molar-refractivity contribution in [2.24, 2.45) is 0 Å². The highest BCUT2D eigenvalue weighted by Crippen LogP contribution is 2.33. The summed E-state index contributed by atoms with van der Waals surface area (Å²) in [6, 6.07) is 11.9. The fourth-order valence-electron chi connectivity index (χ4n) is 2.07. The van der Waals surface area contributed by atoms with Crippen LogP contribution in [0.15, 0.2) is 53.4 Å². The monoisotopic (exact) mass is 377 g/mol. The minimum absolute atomic E-state index is 0.148. The van der Waals surface area contributed by atoms with Crippen LogP contribution in [0.2, 0.25) is 5.02 Å². The molecule has 1 aliphatic heterocycles. The number of halogens is 2. The molecule has 0 aliphatic carbocycles. The summed E-state index contributed by atoms with van der Waals surface area (Å²) in [7, 11) is 0. The number of thiocarbonyl (C=S) groups is 1. The average Bonchev–Trinajstić information content (AvgIpc) is 2.83. The molecule has 0 spiro atoms. The van der Waals surface area contributed by atoms with Gasteiger partial charge in [0.1, 0.15) is 5.82 Å². The summed E-state index contributed by atoms with van der Waals surface area (Å²) in [4.78, 5) is 26.2. The number of carbonyl (C=O) groups is 2. The quantitative estimate of drug-likeness (QED) is 0.438. The standard InChI is InChI=1S/C17H9ClFNO2S2/c18-12-5-1-10(2-6-12)9-14-16(22)20(17(23)24-14)15(21)11-3-7-13(19)8-4-11/h1-9H/b14-9+. The normalized spacial score (nSPS) is 16.1. The summed E-state index contributed by atoms with van der Waals surface area (Å²) in [6.07, 6.45) is 1.65. The molecule has 0 aromatic heterocycles. The zero-order valence-electron chi connectivity index (χ0n) is 12.0. The van der Waals surface area contributed by atoms with Crippen molar-refractivity contribution >= 4 is 57.8 Å². The van der Waals surface area contributed by atoms with E-state index in [0.29, 0.717) is 9.93 Å². The van der Waals surface area contributed by atoms with E-state index in [2.05, 4.69) is 0 Å². The fourth-order valence-corrected chi connectivity index (χ4v) is 3.45. The van der Waals surface area contributed by atoms with E-state index >= 15 is 0 Å². The predicted octanol–water partition coefficient (Wildman–Crippen LogP) is 4.52. The Morgan fingerprint density at radius 2 is 1.75 bits per heavy atom. The van der Waals surface area contributed by atoms with Crippen LogP contribution in [0.3, 0.4) is 0 Å². The number of imide groups is 1. The van der Waals surface area contributed by atoms with Gasteiger partial charge in [-0.2, -0.15) is 0 Å². The summed E-state index contributed by atoms with van der Waals surface area (Å²) in [5.41, 5.74) is 0.967. The van der Waals surface area contributed by atoms with Crippen LogP contribution in [0.25, 0.3) is 6.08 Å². The van der Waals surface area contributed by atoms with Crippen LogP contribution in [0.1, 0.15) is 15.9 Å². The van der Waals surface area contributed by atoms with E-state index < -0.39 is 17.6 Å². The molecule has 2 aromatic carbocycles. The second kappa shape index (κ2) is 6.84. The Kier molecular flexibility index (Phi) is 4.80. The van der Waals surface area contributed by atoms with Crippen LogP contribution >= 0.6 is 35.6 Å². The highest BCUT2D eigenvalue weighted by Gasteiger charge is 2.37. The molecule has 120 valence electrons. The number of hydrogen-bond donors (Lipinski definition) is 0. The number of nitrogens with zero attached hydrogens (tertiary/aromatic N) is 1.